The first-order valence-electron chi connectivity index (χ1n) is 10.3. The molecule has 0 saturated carbocycles. The Bertz CT molecular complexity index is 1000. The van der Waals surface area contributed by atoms with Crippen LogP contribution in [0.5, 0.6) is 0 Å². The Kier molecular flexibility index (Phi) is 5.49. The lowest BCUT2D eigenvalue weighted by atomic mass is 10.0. The second-order valence-electron chi connectivity index (χ2n) is 7.69. The Balaban J connectivity index is 1.72. The summed E-state index contributed by atoms with van der Waals surface area (Å²) in [5.41, 5.74) is 5.86. The van der Waals surface area contributed by atoms with E-state index in [-0.39, 0.29) is 5.91 Å². The summed E-state index contributed by atoms with van der Waals surface area (Å²) in [6.07, 6.45) is 0. The van der Waals surface area contributed by atoms with Crippen LogP contribution in [0.2, 0.25) is 0 Å². The van der Waals surface area contributed by atoms with Crippen molar-refractivity contribution in [1.82, 2.24) is 19.6 Å². The maximum atomic E-state index is 13.4. The Morgan fingerprint density at radius 2 is 1.66 bits per heavy atom. The lowest BCUT2D eigenvalue weighted by Crippen LogP contribution is -2.48. The molecule has 1 amide bonds. The summed E-state index contributed by atoms with van der Waals surface area (Å²) in [6, 6.07) is 18.2. The molecule has 1 aliphatic rings. The summed E-state index contributed by atoms with van der Waals surface area (Å²) in [6.45, 7) is 10.8. The van der Waals surface area contributed by atoms with Gasteiger partial charge in [-0.25, -0.2) is 4.68 Å². The molecule has 150 valence electrons. The molecular weight excluding hydrogens is 360 g/mol. The van der Waals surface area contributed by atoms with E-state index in [0.717, 1.165) is 49.7 Å². The van der Waals surface area contributed by atoms with Crippen molar-refractivity contribution in [1.29, 1.82) is 0 Å². The van der Waals surface area contributed by atoms with E-state index in [1.165, 1.54) is 11.1 Å². The van der Waals surface area contributed by atoms with Crippen molar-refractivity contribution in [3.8, 4) is 16.9 Å². The van der Waals surface area contributed by atoms with Crippen LogP contribution in [0.4, 0.5) is 0 Å². The molecule has 0 bridgehead atoms. The lowest BCUT2D eigenvalue weighted by molar-refractivity contribution is 0.0634. The van der Waals surface area contributed by atoms with Crippen molar-refractivity contribution in [3.63, 3.8) is 0 Å². The summed E-state index contributed by atoms with van der Waals surface area (Å²) in [5.74, 6) is 0.0483. The highest BCUT2D eigenvalue weighted by molar-refractivity contribution is 5.94. The molecule has 0 unspecified atom stereocenters. The Labute approximate surface area is 172 Å². The highest BCUT2D eigenvalue weighted by atomic mass is 16.2. The monoisotopic (exact) mass is 388 g/mol. The van der Waals surface area contributed by atoms with E-state index >= 15 is 0 Å². The van der Waals surface area contributed by atoms with E-state index in [2.05, 4.69) is 43.9 Å². The number of carbonyl (C=O) groups excluding carboxylic acids is 1. The third-order valence-electron chi connectivity index (χ3n) is 5.84. The minimum Gasteiger partial charge on any atom is -0.335 e. The smallest absolute Gasteiger partial charge is 0.272 e. The largest absolute Gasteiger partial charge is 0.335 e. The van der Waals surface area contributed by atoms with Crippen LogP contribution in [-0.2, 0) is 0 Å². The molecule has 0 spiro atoms. The van der Waals surface area contributed by atoms with Crippen LogP contribution in [0.15, 0.2) is 54.6 Å². The molecule has 4 rings (SSSR count). The van der Waals surface area contributed by atoms with Crippen molar-refractivity contribution >= 4 is 5.91 Å². The van der Waals surface area contributed by atoms with Gasteiger partial charge in [0.15, 0.2) is 0 Å². The number of aryl methyl sites for hydroxylation is 2. The third-order valence-corrected chi connectivity index (χ3v) is 5.84. The van der Waals surface area contributed by atoms with Gasteiger partial charge in [0, 0.05) is 31.7 Å². The average molecular weight is 389 g/mol. The average Bonchev–Trinajstić information content (AvgIpc) is 3.21. The molecule has 0 radical (unpaired) electrons. The van der Waals surface area contributed by atoms with E-state index in [1.54, 1.807) is 4.68 Å². The van der Waals surface area contributed by atoms with Gasteiger partial charge in [0.25, 0.3) is 5.91 Å². The van der Waals surface area contributed by atoms with Gasteiger partial charge in [-0.3, -0.25) is 4.79 Å². The molecule has 0 atom stereocenters. The number of benzene rings is 2. The predicted octanol–water partition coefficient (Wildman–Crippen LogP) is 3.93. The van der Waals surface area contributed by atoms with Gasteiger partial charge in [0.1, 0.15) is 5.69 Å². The molecule has 29 heavy (non-hydrogen) atoms. The first-order chi connectivity index (χ1) is 14.1. The second kappa shape index (κ2) is 8.21. The van der Waals surface area contributed by atoms with Gasteiger partial charge in [-0.1, -0.05) is 37.3 Å². The molecular formula is C24H28N4O. The zero-order chi connectivity index (χ0) is 20.4. The van der Waals surface area contributed by atoms with E-state index < -0.39 is 0 Å². The third kappa shape index (κ3) is 3.96. The lowest BCUT2D eigenvalue weighted by Gasteiger charge is -2.34. The van der Waals surface area contributed by atoms with E-state index in [4.69, 9.17) is 5.10 Å². The van der Waals surface area contributed by atoms with Crippen LogP contribution < -0.4 is 0 Å². The van der Waals surface area contributed by atoms with Gasteiger partial charge in [-0.05, 0) is 55.8 Å². The van der Waals surface area contributed by atoms with Gasteiger partial charge in [0.2, 0.25) is 0 Å². The summed E-state index contributed by atoms with van der Waals surface area (Å²) < 4.78 is 1.79. The summed E-state index contributed by atoms with van der Waals surface area (Å²) >= 11 is 0. The topological polar surface area (TPSA) is 41.4 Å². The van der Waals surface area contributed by atoms with E-state index in [1.807, 2.05) is 41.3 Å². The first-order valence-corrected chi connectivity index (χ1v) is 10.3. The van der Waals surface area contributed by atoms with Crippen LogP contribution in [0.1, 0.15) is 28.5 Å². The predicted molar refractivity (Wildman–Crippen MR) is 116 cm³/mol. The Hall–Kier alpha value is -2.92. The number of rotatable bonds is 4. The van der Waals surface area contributed by atoms with Gasteiger partial charge in [-0.15, -0.1) is 0 Å². The fourth-order valence-corrected chi connectivity index (χ4v) is 3.77. The first kappa shape index (κ1) is 19.4. The number of carbonyl (C=O) groups is 1. The van der Waals surface area contributed by atoms with Gasteiger partial charge >= 0.3 is 0 Å². The van der Waals surface area contributed by atoms with Crippen molar-refractivity contribution in [2.24, 2.45) is 0 Å². The number of piperazine rings is 1. The van der Waals surface area contributed by atoms with Crippen molar-refractivity contribution in [2.45, 2.75) is 20.8 Å². The maximum absolute atomic E-state index is 13.4. The molecule has 2 heterocycles. The van der Waals surface area contributed by atoms with Crippen molar-refractivity contribution < 1.29 is 4.79 Å². The molecule has 3 aromatic rings. The fraction of sp³-hybridized carbons (Fsp3) is 0.333. The number of aromatic nitrogens is 2. The molecule has 0 aliphatic carbocycles. The van der Waals surface area contributed by atoms with E-state index in [9.17, 15) is 4.79 Å². The summed E-state index contributed by atoms with van der Waals surface area (Å²) in [7, 11) is 0. The van der Waals surface area contributed by atoms with Gasteiger partial charge in [0.05, 0.1) is 11.4 Å². The quantitative estimate of drug-likeness (QED) is 0.680. The Morgan fingerprint density at radius 1 is 0.931 bits per heavy atom. The van der Waals surface area contributed by atoms with Gasteiger partial charge in [-0.2, -0.15) is 5.10 Å². The molecule has 1 fully saturated rings. The molecule has 1 aromatic heterocycles. The number of para-hydroxylation sites is 1. The van der Waals surface area contributed by atoms with Crippen LogP contribution in [0, 0.1) is 13.8 Å². The van der Waals surface area contributed by atoms with Crippen molar-refractivity contribution in [3.05, 3.63) is 71.4 Å². The minimum absolute atomic E-state index is 0.0483. The normalized spacial score (nSPS) is 14.9. The van der Waals surface area contributed by atoms with Crippen LogP contribution in [-0.4, -0.2) is 58.2 Å². The SMILES string of the molecule is CCN1CCN(C(=O)c2cc(-c3ccc(C)c(C)c3)nn2-c2ccccc2)CC1. The standard InChI is InChI=1S/C24H28N4O/c1-4-26-12-14-27(15-13-26)24(29)23-17-22(20-11-10-18(2)19(3)16-20)25-28(23)21-8-6-5-7-9-21/h5-11,16-17H,4,12-15H2,1-3H3. The van der Waals surface area contributed by atoms with Crippen molar-refractivity contribution in [2.75, 3.05) is 32.7 Å². The van der Waals surface area contributed by atoms with Crippen LogP contribution >= 0.6 is 0 Å². The molecule has 1 aliphatic heterocycles. The summed E-state index contributed by atoms with van der Waals surface area (Å²) in [5, 5.41) is 4.83. The number of hydrogen-bond acceptors (Lipinski definition) is 3. The zero-order valence-electron chi connectivity index (χ0n) is 17.4. The maximum Gasteiger partial charge on any atom is 0.272 e. The van der Waals surface area contributed by atoms with Crippen LogP contribution in [0.25, 0.3) is 16.9 Å². The second-order valence-corrected chi connectivity index (χ2v) is 7.69. The molecule has 1 saturated heterocycles. The number of hydrogen-bond donors (Lipinski definition) is 0. The number of amides is 1. The molecule has 5 nitrogen and oxygen atoms in total. The molecule has 5 heteroatoms. The highest BCUT2D eigenvalue weighted by Crippen LogP contribution is 2.25. The van der Waals surface area contributed by atoms with Crippen LogP contribution in [0.3, 0.4) is 0 Å². The Morgan fingerprint density at radius 3 is 2.31 bits per heavy atom. The number of nitrogens with zero attached hydrogens (tertiary/aromatic N) is 4. The summed E-state index contributed by atoms with van der Waals surface area (Å²) in [4.78, 5) is 17.7. The number of likely N-dealkylation sites (N-methyl/N-ethyl adjacent to an activating group) is 1. The molecule has 2 aromatic carbocycles. The van der Waals surface area contributed by atoms with E-state index in [0.29, 0.717) is 5.69 Å². The fourth-order valence-electron chi connectivity index (χ4n) is 3.77. The van der Waals surface area contributed by atoms with Gasteiger partial charge < -0.3 is 9.80 Å². The highest BCUT2D eigenvalue weighted by Gasteiger charge is 2.25. The minimum atomic E-state index is 0.0483. The zero-order valence-corrected chi connectivity index (χ0v) is 17.4. The molecule has 0 N–H and O–H groups in total.